The van der Waals surface area contributed by atoms with Crippen LogP contribution in [0.1, 0.15) is 23.9 Å². The molecule has 5 nitrogen and oxygen atoms in total. The van der Waals surface area contributed by atoms with Gasteiger partial charge in [-0.25, -0.2) is 0 Å². The molecule has 1 aromatic rings. The second kappa shape index (κ2) is 6.20. The van der Waals surface area contributed by atoms with Crippen LogP contribution < -0.4 is 5.32 Å². The van der Waals surface area contributed by atoms with Crippen molar-refractivity contribution in [3.63, 3.8) is 0 Å². The molecule has 18 heavy (non-hydrogen) atoms. The predicted molar refractivity (Wildman–Crippen MR) is 71.0 cm³/mol. The minimum absolute atomic E-state index is 0. The molecule has 0 aliphatic carbocycles. The zero-order valence-corrected chi connectivity index (χ0v) is 11.8. The average molecular weight is 274 g/mol. The molecule has 1 aliphatic heterocycles. The van der Waals surface area contributed by atoms with Crippen molar-refractivity contribution in [1.82, 2.24) is 15.4 Å². The van der Waals surface area contributed by atoms with Gasteiger partial charge in [0.2, 0.25) is 5.91 Å². The first kappa shape index (κ1) is 15.0. The van der Waals surface area contributed by atoms with E-state index in [1.807, 2.05) is 18.7 Å². The Morgan fingerprint density at radius 2 is 2.28 bits per heavy atom. The molecular formula is C12H20ClN3O2. The maximum Gasteiger partial charge on any atom is 0.227 e. The van der Waals surface area contributed by atoms with Crippen LogP contribution in [0.5, 0.6) is 0 Å². The number of carbonyl (C=O) groups is 1. The summed E-state index contributed by atoms with van der Waals surface area (Å²) in [7, 11) is 0. The monoisotopic (exact) mass is 273 g/mol. The lowest BCUT2D eigenvalue weighted by Crippen LogP contribution is -2.52. The number of nitrogens with one attached hydrogen (secondary N) is 1. The van der Waals surface area contributed by atoms with Gasteiger partial charge in [-0.3, -0.25) is 4.79 Å². The Balaban J connectivity index is 0.00000162. The molecule has 102 valence electrons. The molecule has 0 bridgehead atoms. The number of hydrogen-bond donors (Lipinski definition) is 1. The zero-order valence-electron chi connectivity index (χ0n) is 11.0. The fourth-order valence-electron chi connectivity index (χ4n) is 2.22. The van der Waals surface area contributed by atoms with E-state index in [0.29, 0.717) is 6.42 Å². The Morgan fingerprint density at radius 3 is 2.83 bits per heavy atom. The second-order valence-corrected chi connectivity index (χ2v) is 4.62. The van der Waals surface area contributed by atoms with E-state index in [-0.39, 0.29) is 24.4 Å². The molecule has 0 radical (unpaired) electrons. The van der Waals surface area contributed by atoms with E-state index in [2.05, 4.69) is 17.4 Å². The largest absolute Gasteiger partial charge is 0.361 e. The zero-order chi connectivity index (χ0) is 12.4. The Kier molecular flexibility index (Phi) is 5.16. The molecule has 0 saturated carbocycles. The maximum absolute atomic E-state index is 12.2. The third-order valence-corrected chi connectivity index (χ3v) is 3.33. The Labute approximate surface area is 113 Å². The molecule has 1 fully saturated rings. The lowest BCUT2D eigenvalue weighted by atomic mass is 10.1. The third kappa shape index (κ3) is 3.03. The van der Waals surface area contributed by atoms with Crippen LogP contribution in [-0.2, 0) is 11.2 Å². The lowest BCUT2D eigenvalue weighted by Gasteiger charge is -2.34. The minimum Gasteiger partial charge on any atom is -0.361 e. The number of aryl methyl sites for hydroxylation is 2. The quantitative estimate of drug-likeness (QED) is 0.876. The van der Waals surface area contributed by atoms with Gasteiger partial charge in [-0.15, -0.1) is 12.4 Å². The van der Waals surface area contributed by atoms with Crippen molar-refractivity contribution in [3.8, 4) is 0 Å². The van der Waals surface area contributed by atoms with Crippen LogP contribution >= 0.6 is 12.4 Å². The molecule has 0 unspecified atom stereocenters. The lowest BCUT2D eigenvalue weighted by molar-refractivity contribution is -0.133. The van der Waals surface area contributed by atoms with Gasteiger partial charge in [-0.1, -0.05) is 5.16 Å². The summed E-state index contributed by atoms with van der Waals surface area (Å²) in [6.07, 6.45) is 0.394. The van der Waals surface area contributed by atoms with Gasteiger partial charge in [0.25, 0.3) is 0 Å². The fraction of sp³-hybridized carbons (Fsp3) is 0.667. The van der Waals surface area contributed by atoms with Crippen LogP contribution in [-0.4, -0.2) is 41.6 Å². The van der Waals surface area contributed by atoms with Crippen LogP contribution in [0.4, 0.5) is 0 Å². The highest BCUT2D eigenvalue weighted by Crippen LogP contribution is 2.15. The first-order valence-electron chi connectivity index (χ1n) is 6.01. The van der Waals surface area contributed by atoms with Crippen molar-refractivity contribution >= 4 is 18.3 Å². The molecule has 2 rings (SSSR count). The van der Waals surface area contributed by atoms with Gasteiger partial charge in [0.1, 0.15) is 5.76 Å². The van der Waals surface area contributed by atoms with Crippen molar-refractivity contribution < 1.29 is 9.32 Å². The number of rotatable bonds is 2. The van der Waals surface area contributed by atoms with E-state index in [1.54, 1.807) is 0 Å². The van der Waals surface area contributed by atoms with Crippen LogP contribution in [0.3, 0.4) is 0 Å². The molecule has 1 saturated heterocycles. The number of aromatic nitrogens is 1. The van der Waals surface area contributed by atoms with Crippen LogP contribution in [0.15, 0.2) is 4.52 Å². The van der Waals surface area contributed by atoms with Crippen LogP contribution in [0.2, 0.25) is 0 Å². The fourth-order valence-corrected chi connectivity index (χ4v) is 2.22. The highest BCUT2D eigenvalue weighted by molar-refractivity contribution is 5.85. The normalized spacial score (nSPS) is 19.5. The van der Waals surface area contributed by atoms with Crippen molar-refractivity contribution in [2.24, 2.45) is 0 Å². The topological polar surface area (TPSA) is 58.4 Å². The SMILES string of the molecule is Cc1noc(C)c1CC(=O)N1CCNC[C@@H]1C.Cl. The molecule has 1 atom stereocenters. The van der Waals surface area contributed by atoms with E-state index in [1.165, 1.54) is 0 Å². The summed E-state index contributed by atoms with van der Waals surface area (Å²) in [6.45, 7) is 8.32. The third-order valence-electron chi connectivity index (χ3n) is 3.33. The highest BCUT2D eigenvalue weighted by atomic mass is 35.5. The molecular weight excluding hydrogens is 254 g/mol. The van der Waals surface area contributed by atoms with E-state index in [4.69, 9.17) is 4.52 Å². The first-order chi connectivity index (χ1) is 8.09. The Hall–Kier alpha value is -1.07. The van der Waals surface area contributed by atoms with Gasteiger partial charge in [0.05, 0.1) is 12.1 Å². The number of halogens is 1. The number of nitrogens with zero attached hydrogens (tertiary/aromatic N) is 2. The van der Waals surface area contributed by atoms with Gasteiger partial charge in [0, 0.05) is 31.2 Å². The number of piperazine rings is 1. The molecule has 1 amide bonds. The summed E-state index contributed by atoms with van der Waals surface area (Å²) in [5, 5.41) is 7.15. The highest BCUT2D eigenvalue weighted by Gasteiger charge is 2.24. The summed E-state index contributed by atoms with van der Waals surface area (Å²) in [4.78, 5) is 14.1. The van der Waals surface area contributed by atoms with Gasteiger partial charge in [-0.05, 0) is 20.8 Å². The van der Waals surface area contributed by atoms with Gasteiger partial charge < -0.3 is 14.7 Å². The number of amides is 1. The predicted octanol–water partition coefficient (Wildman–Crippen LogP) is 1.08. The molecule has 1 aromatic heterocycles. The smallest absolute Gasteiger partial charge is 0.227 e. The van der Waals surface area contributed by atoms with E-state index in [0.717, 1.165) is 36.7 Å². The summed E-state index contributed by atoms with van der Waals surface area (Å²) >= 11 is 0. The molecule has 1 aliphatic rings. The van der Waals surface area contributed by atoms with Gasteiger partial charge >= 0.3 is 0 Å². The summed E-state index contributed by atoms with van der Waals surface area (Å²) in [5.74, 6) is 0.909. The Morgan fingerprint density at radius 1 is 1.56 bits per heavy atom. The van der Waals surface area contributed by atoms with Crippen LogP contribution in [0.25, 0.3) is 0 Å². The molecule has 1 N–H and O–H groups in total. The second-order valence-electron chi connectivity index (χ2n) is 4.62. The standard InChI is InChI=1S/C12H19N3O2.ClH/c1-8-7-13-4-5-15(8)12(16)6-11-9(2)14-17-10(11)3;/h8,13H,4-7H2,1-3H3;1H/t8-;/m0./s1. The van der Waals surface area contributed by atoms with E-state index < -0.39 is 0 Å². The molecule has 0 aromatic carbocycles. The maximum atomic E-state index is 12.2. The van der Waals surface area contributed by atoms with Gasteiger partial charge in [-0.2, -0.15) is 0 Å². The first-order valence-corrected chi connectivity index (χ1v) is 6.01. The van der Waals surface area contributed by atoms with Gasteiger partial charge in [0.15, 0.2) is 0 Å². The summed E-state index contributed by atoms with van der Waals surface area (Å²) in [6, 6.07) is 0.261. The Bertz CT molecular complexity index is 400. The van der Waals surface area contributed by atoms with E-state index >= 15 is 0 Å². The molecule has 2 heterocycles. The van der Waals surface area contributed by atoms with Crippen molar-refractivity contribution in [3.05, 3.63) is 17.0 Å². The van der Waals surface area contributed by atoms with Crippen molar-refractivity contribution in [2.75, 3.05) is 19.6 Å². The number of carbonyl (C=O) groups excluding carboxylic acids is 1. The summed E-state index contributed by atoms with van der Waals surface area (Å²) < 4.78 is 5.08. The minimum atomic E-state index is 0. The van der Waals surface area contributed by atoms with Crippen molar-refractivity contribution in [1.29, 1.82) is 0 Å². The van der Waals surface area contributed by atoms with Crippen molar-refractivity contribution in [2.45, 2.75) is 33.2 Å². The molecule has 6 heteroatoms. The average Bonchev–Trinajstić information content (AvgIpc) is 2.61. The van der Waals surface area contributed by atoms with Crippen LogP contribution in [0, 0.1) is 13.8 Å². The summed E-state index contributed by atoms with van der Waals surface area (Å²) in [5.41, 5.74) is 1.75. The number of hydrogen-bond acceptors (Lipinski definition) is 4. The van der Waals surface area contributed by atoms with E-state index in [9.17, 15) is 4.79 Å². The molecule has 0 spiro atoms.